The Hall–Kier alpha value is -1.64. The molecule has 0 radical (unpaired) electrons. The number of rotatable bonds is 12. The zero-order chi connectivity index (χ0) is 35.6. The van der Waals surface area contributed by atoms with Crippen LogP contribution in [0.3, 0.4) is 0 Å². The molecule has 8 N–H and O–H groups in total. The van der Waals surface area contributed by atoms with E-state index in [2.05, 4.69) is 15.6 Å². The van der Waals surface area contributed by atoms with Gasteiger partial charge in [0.05, 0.1) is 49.9 Å². The van der Waals surface area contributed by atoms with E-state index in [-0.39, 0.29) is 30.6 Å². The van der Waals surface area contributed by atoms with Crippen molar-refractivity contribution in [3.05, 3.63) is 18.0 Å². The molecule has 282 valence electrons. The van der Waals surface area contributed by atoms with Crippen LogP contribution in [-0.2, 0) is 28.5 Å². The maximum absolute atomic E-state index is 12.4. The summed E-state index contributed by atoms with van der Waals surface area (Å²) in [5.74, 6) is -3.79. The van der Waals surface area contributed by atoms with Gasteiger partial charge in [0.2, 0.25) is 0 Å². The molecule has 2 saturated heterocycles. The molecule has 0 spiro atoms. The fraction of sp³-hybridized carbons (Fsp3) is 0.882. The van der Waals surface area contributed by atoms with Gasteiger partial charge in [-0.15, -0.1) is 0 Å². The van der Waals surface area contributed by atoms with Gasteiger partial charge in [0.25, 0.3) is 0 Å². The molecule has 7 unspecified atom stereocenters. The minimum Gasteiger partial charge on any atom is -0.479 e. The smallest absolute Gasteiger partial charge is 0.336 e. The van der Waals surface area contributed by atoms with Gasteiger partial charge >= 0.3 is 12.2 Å². The Labute approximate surface area is 292 Å². The van der Waals surface area contributed by atoms with Crippen LogP contribution in [0.4, 0.5) is 0 Å². The number of hydrogen-bond donors (Lipinski definition) is 8. The van der Waals surface area contributed by atoms with E-state index < -0.39 is 84.8 Å². The zero-order valence-corrected chi connectivity index (χ0v) is 28.5. The summed E-state index contributed by atoms with van der Waals surface area (Å²) < 4.78 is 30.7. The lowest BCUT2D eigenvalue weighted by Crippen LogP contribution is -2.70. The number of ether oxygens (including phenoxy) is 5. The number of nitrogens with one attached hydrogen (secondary N) is 1. The Balaban J connectivity index is 1.19. The molecule has 0 aromatic carbocycles. The predicted molar refractivity (Wildman–Crippen MR) is 174 cm³/mol. The van der Waals surface area contributed by atoms with Crippen molar-refractivity contribution in [3.8, 4) is 0 Å². The summed E-state index contributed by atoms with van der Waals surface area (Å²) in [4.78, 5) is 16.2. The Kier molecular flexibility index (Phi) is 12.3. The molecule has 0 aromatic heterocycles. The lowest BCUT2D eigenvalue weighted by molar-refractivity contribution is -0.362. The number of aliphatic carboxylic acids is 1. The minimum atomic E-state index is -2.49. The van der Waals surface area contributed by atoms with Crippen molar-refractivity contribution >= 4 is 12.2 Å². The van der Waals surface area contributed by atoms with Crippen LogP contribution < -0.4 is 5.32 Å². The van der Waals surface area contributed by atoms with Gasteiger partial charge < -0.3 is 64.7 Å². The van der Waals surface area contributed by atoms with Crippen LogP contribution in [-0.4, -0.2) is 147 Å². The number of carboxylic acid groups (broad SMARTS) is 1. The highest BCUT2D eigenvalue weighted by molar-refractivity contribution is 5.83. The first-order valence-electron chi connectivity index (χ1n) is 18.1. The van der Waals surface area contributed by atoms with Gasteiger partial charge in [0, 0.05) is 38.1 Å². The summed E-state index contributed by atoms with van der Waals surface area (Å²) in [5, 5.41) is 85.5. The quantitative estimate of drug-likeness (QED) is 0.0747. The third kappa shape index (κ3) is 8.12. The van der Waals surface area contributed by atoms with Gasteiger partial charge in [-0.3, -0.25) is 5.32 Å². The number of nitrogens with zero attached hydrogens (tertiary/aromatic N) is 2. The molecule has 50 heavy (non-hydrogen) atoms. The molecular weight excluding hydrogens is 658 g/mol. The summed E-state index contributed by atoms with van der Waals surface area (Å²) in [5.41, 5.74) is -2.49. The SMILES string of the molecule is CNCCOC1CCC(C2CC(O)C3C(CC(O[C@H]4O[C@H](C(=O)O)[C@](O)(C[C+]5C=N[CH+][N-]5)[C@@H](O)[C@H]4O)C(OC4(O)CCCCC4)C3O)O2)CC1. The second-order valence-corrected chi connectivity index (χ2v) is 14.9. The standard InChI is InChI=1S/C34H53N3O13/c1-35-11-12-46-20-7-5-18(6-8-20)22-13-21(38)25-23(47-22)14-24(28(26(25)39)50-33(44)9-3-2-4-10-33)48-32-27(40)29(41)34(45,30(49-32)31(42)43)15-19-16-36-17-37-19/h16-18,20-30,32,35,38-41,44-45H,2-15H2,1H3/p+1/t18?,20?,21?,22?,23?,24?,25?,26?,27-,28?,29+,30-,32+,34+/m1/s1. The monoisotopic (exact) mass is 712 g/mol. The van der Waals surface area contributed by atoms with Crippen molar-refractivity contribution < 1.29 is 64.2 Å². The number of likely N-dealkylation sites (N-methyl/N-ethyl adjacent to an activating group) is 1. The van der Waals surface area contributed by atoms with E-state index in [0.29, 0.717) is 38.7 Å². The summed E-state index contributed by atoms with van der Waals surface area (Å²) in [6.45, 7) is 2.62. The summed E-state index contributed by atoms with van der Waals surface area (Å²) in [6.07, 6.45) is -5.67. The van der Waals surface area contributed by atoms with Crippen molar-refractivity contribution in [2.45, 2.75) is 156 Å². The normalized spacial score (nSPS) is 44.8. The van der Waals surface area contributed by atoms with E-state index >= 15 is 0 Å². The highest BCUT2D eigenvalue weighted by atomic mass is 16.7. The number of aliphatic hydroxyl groups is 6. The molecular formula is C34H54N3O13+. The van der Waals surface area contributed by atoms with E-state index in [1.54, 1.807) is 0 Å². The Morgan fingerprint density at radius 3 is 2.44 bits per heavy atom. The van der Waals surface area contributed by atoms with Crippen LogP contribution in [0, 0.1) is 24.5 Å². The first-order valence-corrected chi connectivity index (χ1v) is 18.1. The van der Waals surface area contributed by atoms with Crippen LogP contribution in [0.1, 0.15) is 77.0 Å². The van der Waals surface area contributed by atoms with Crippen LogP contribution in [0.2, 0.25) is 0 Å². The number of fused-ring (bicyclic) bond motifs is 1. The molecule has 6 rings (SSSR count). The Morgan fingerprint density at radius 1 is 1.04 bits per heavy atom. The van der Waals surface area contributed by atoms with Gasteiger partial charge in [-0.25, -0.2) is 4.79 Å². The van der Waals surface area contributed by atoms with E-state index in [1.807, 2.05) is 7.05 Å². The maximum Gasteiger partial charge on any atom is 0.336 e. The first-order chi connectivity index (χ1) is 23.9. The van der Waals surface area contributed by atoms with E-state index in [4.69, 9.17) is 23.7 Å². The lowest BCUT2D eigenvalue weighted by Gasteiger charge is -2.53. The van der Waals surface area contributed by atoms with Crippen LogP contribution in [0.25, 0.3) is 5.32 Å². The highest BCUT2D eigenvalue weighted by Crippen LogP contribution is 2.46. The molecule has 5 fully saturated rings. The molecule has 0 bridgehead atoms. The fourth-order valence-electron chi connectivity index (χ4n) is 8.82. The third-order valence-electron chi connectivity index (χ3n) is 11.5. The molecule has 16 heteroatoms. The third-order valence-corrected chi connectivity index (χ3v) is 11.5. The van der Waals surface area contributed by atoms with Crippen molar-refractivity contribution in [1.29, 1.82) is 0 Å². The van der Waals surface area contributed by atoms with Gasteiger partial charge in [0.15, 0.2) is 29.8 Å². The van der Waals surface area contributed by atoms with Crippen LogP contribution >= 0.6 is 0 Å². The number of aliphatic hydroxyl groups excluding tert-OH is 4. The van der Waals surface area contributed by atoms with Crippen molar-refractivity contribution in [2.24, 2.45) is 16.8 Å². The second kappa shape index (κ2) is 16.2. The van der Waals surface area contributed by atoms with Gasteiger partial charge in [-0.05, 0) is 51.5 Å². The molecule has 6 aliphatic rings. The largest absolute Gasteiger partial charge is 0.479 e. The minimum absolute atomic E-state index is 0.0479. The number of hydrogen-bond acceptors (Lipinski definition) is 14. The molecule has 3 heterocycles. The average molecular weight is 713 g/mol. The van der Waals surface area contributed by atoms with Crippen molar-refractivity contribution in [3.63, 3.8) is 0 Å². The first kappa shape index (κ1) is 38.1. The summed E-state index contributed by atoms with van der Waals surface area (Å²) in [6, 6.07) is 0.181. The Morgan fingerprint density at radius 2 is 1.78 bits per heavy atom. The topological polar surface area (TPSA) is 243 Å². The number of carbonyl (C=O) groups is 1. The molecule has 0 amide bonds. The lowest BCUT2D eigenvalue weighted by atomic mass is 9.71. The predicted octanol–water partition coefficient (Wildman–Crippen LogP) is -0.135. The molecule has 12 atom stereocenters. The average Bonchev–Trinajstić information content (AvgIpc) is 3.60. The molecule has 3 saturated carbocycles. The van der Waals surface area contributed by atoms with E-state index in [1.165, 1.54) is 12.9 Å². The maximum atomic E-state index is 12.4. The van der Waals surface area contributed by atoms with Gasteiger partial charge in [-0.2, -0.15) is 0 Å². The molecule has 3 aliphatic carbocycles. The Bertz CT molecular complexity index is 1150. The molecule has 0 aromatic rings. The fourth-order valence-corrected chi connectivity index (χ4v) is 8.82. The van der Waals surface area contributed by atoms with Crippen molar-refractivity contribution in [2.75, 3.05) is 20.2 Å². The summed E-state index contributed by atoms with van der Waals surface area (Å²) in [7, 11) is 1.88. The molecule has 16 nitrogen and oxygen atoms in total. The van der Waals surface area contributed by atoms with Gasteiger partial charge in [-0.1, -0.05) is 11.4 Å². The molecule has 3 aliphatic heterocycles. The second-order valence-electron chi connectivity index (χ2n) is 14.9. The highest BCUT2D eigenvalue weighted by Gasteiger charge is 2.63. The number of aliphatic imine (C=N–C) groups is 1. The van der Waals surface area contributed by atoms with Crippen LogP contribution in [0.15, 0.2) is 4.99 Å². The van der Waals surface area contributed by atoms with Gasteiger partial charge in [0.1, 0.15) is 24.7 Å². The zero-order valence-electron chi connectivity index (χ0n) is 28.5. The summed E-state index contributed by atoms with van der Waals surface area (Å²) >= 11 is 0. The van der Waals surface area contributed by atoms with E-state index in [9.17, 15) is 40.5 Å². The van der Waals surface area contributed by atoms with Crippen LogP contribution in [0.5, 0.6) is 0 Å². The van der Waals surface area contributed by atoms with Crippen molar-refractivity contribution in [1.82, 2.24) is 5.32 Å². The van der Waals surface area contributed by atoms with E-state index in [0.717, 1.165) is 38.6 Å². The number of carboxylic acids is 1.